The molecule has 0 radical (unpaired) electrons. The number of nitrogens with zero attached hydrogens (tertiary/aromatic N) is 2. The Balaban J connectivity index is 2.70. The highest BCUT2D eigenvalue weighted by atomic mass is 32.1. The molecule has 4 nitrogen and oxygen atoms in total. The highest BCUT2D eigenvalue weighted by Crippen LogP contribution is 2.11. The number of carbonyl (C=O) groups excluding carboxylic acids is 1. The van der Waals surface area contributed by atoms with Gasteiger partial charge < -0.3 is 10.6 Å². The lowest BCUT2D eigenvalue weighted by molar-refractivity contribution is 0.0807. The number of rotatable bonds is 4. The zero-order chi connectivity index (χ0) is 11.3. The smallest absolute Gasteiger partial charge is 0.273 e. The second-order valence-electron chi connectivity index (χ2n) is 3.03. The Kier molecular flexibility index (Phi) is 4.28. The Hall–Kier alpha value is -1.38. The van der Waals surface area contributed by atoms with Gasteiger partial charge in [0.2, 0.25) is 0 Å². The molecule has 0 unspecified atom stereocenters. The van der Waals surface area contributed by atoms with Crippen molar-refractivity contribution in [2.75, 3.05) is 20.1 Å². The summed E-state index contributed by atoms with van der Waals surface area (Å²) >= 11 is 1.45. The van der Waals surface area contributed by atoms with Crippen molar-refractivity contribution in [2.45, 2.75) is 6.42 Å². The molecule has 0 saturated carbocycles. The summed E-state index contributed by atoms with van der Waals surface area (Å²) in [5.41, 5.74) is 5.84. The molecule has 0 fully saturated rings. The Labute approximate surface area is 93.1 Å². The van der Waals surface area contributed by atoms with Gasteiger partial charge in [-0.25, -0.2) is 4.98 Å². The summed E-state index contributed by atoms with van der Waals surface area (Å²) in [5, 5.41) is 2.62. The van der Waals surface area contributed by atoms with Gasteiger partial charge in [0.05, 0.1) is 11.6 Å². The first-order valence-electron chi connectivity index (χ1n) is 4.52. The Morgan fingerprint density at radius 2 is 2.53 bits per heavy atom. The number of hydrogen-bond donors (Lipinski definition) is 1. The van der Waals surface area contributed by atoms with E-state index in [0.717, 1.165) is 5.01 Å². The number of hydrogen-bond acceptors (Lipinski definition) is 4. The normalized spacial score (nSPS) is 9.67. The predicted octanol–water partition coefficient (Wildman–Crippen LogP) is 0.350. The average Bonchev–Trinajstić information content (AvgIpc) is 2.66. The van der Waals surface area contributed by atoms with Gasteiger partial charge in [-0.05, 0) is 6.54 Å². The highest BCUT2D eigenvalue weighted by Gasteiger charge is 2.14. The quantitative estimate of drug-likeness (QED) is 0.749. The molecule has 1 rings (SSSR count). The third-order valence-corrected chi connectivity index (χ3v) is 2.71. The summed E-state index contributed by atoms with van der Waals surface area (Å²) in [4.78, 5) is 17.3. The molecule has 0 aliphatic carbocycles. The number of nitrogens with two attached hydrogens (primary N) is 1. The zero-order valence-electron chi connectivity index (χ0n) is 8.56. The van der Waals surface area contributed by atoms with Gasteiger partial charge in [0, 0.05) is 18.8 Å². The molecular formula is C10H13N3OS. The van der Waals surface area contributed by atoms with Crippen LogP contribution in [0.3, 0.4) is 0 Å². The Morgan fingerprint density at radius 3 is 3.13 bits per heavy atom. The summed E-state index contributed by atoms with van der Waals surface area (Å²) in [6.45, 7) is 0.837. The van der Waals surface area contributed by atoms with Crippen LogP contribution < -0.4 is 5.73 Å². The van der Waals surface area contributed by atoms with Crippen molar-refractivity contribution in [1.82, 2.24) is 9.88 Å². The summed E-state index contributed by atoms with van der Waals surface area (Å²) in [7, 11) is 1.66. The molecule has 0 saturated heterocycles. The van der Waals surface area contributed by atoms with Gasteiger partial charge in [-0.2, -0.15) is 0 Å². The van der Waals surface area contributed by atoms with Gasteiger partial charge in [0.1, 0.15) is 5.69 Å². The molecular weight excluding hydrogens is 210 g/mol. The van der Waals surface area contributed by atoms with Crippen molar-refractivity contribution in [3.05, 3.63) is 16.1 Å². The van der Waals surface area contributed by atoms with E-state index >= 15 is 0 Å². The van der Waals surface area contributed by atoms with Crippen LogP contribution in [0.1, 0.15) is 15.5 Å². The van der Waals surface area contributed by atoms with Crippen LogP contribution in [0, 0.1) is 12.3 Å². The summed E-state index contributed by atoms with van der Waals surface area (Å²) in [6.07, 6.45) is 5.83. The van der Waals surface area contributed by atoms with Crippen molar-refractivity contribution in [3.8, 4) is 12.3 Å². The van der Waals surface area contributed by atoms with E-state index in [0.29, 0.717) is 25.2 Å². The summed E-state index contributed by atoms with van der Waals surface area (Å²) in [6, 6.07) is 0. The lowest BCUT2D eigenvalue weighted by Gasteiger charge is -2.11. The zero-order valence-corrected chi connectivity index (χ0v) is 9.38. The first-order valence-corrected chi connectivity index (χ1v) is 5.40. The van der Waals surface area contributed by atoms with E-state index in [2.05, 4.69) is 10.9 Å². The highest BCUT2D eigenvalue weighted by molar-refractivity contribution is 7.09. The lowest BCUT2D eigenvalue weighted by atomic mass is 10.4. The topological polar surface area (TPSA) is 59.2 Å². The maximum absolute atomic E-state index is 11.7. The molecule has 1 amide bonds. The van der Waals surface area contributed by atoms with Crippen molar-refractivity contribution in [3.63, 3.8) is 0 Å². The minimum absolute atomic E-state index is 0.146. The fraction of sp³-hybridized carbons (Fsp3) is 0.400. The molecule has 0 spiro atoms. The monoisotopic (exact) mass is 223 g/mol. The van der Waals surface area contributed by atoms with Crippen LogP contribution in [-0.4, -0.2) is 35.9 Å². The number of amides is 1. The molecule has 2 N–H and O–H groups in total. The van der Waals surface area contributed by atoms with E-state index in [1.807, 2.05) is 0 Å². The van der Waals surface area contributed by atoms with Crippen LogP contribution in [0.25, 0.3) is 0 Å². The number of terminal acetylenes is 1. The van der Waals surface area contributed by atoms with Crippen molar-refractivity contribution >= 4 is 17.2 Å². The van der Waals surface area contributed by atoms with Gasteiger partial charge in [0.25, 0.3) is 5.91 Å². The standard InChI is InChI=1S/C10H13N3OS/c1-3-6-13(2)10(14)8-7-15-9(12-8)4-5-11/h1,7H,4-6,11H2,2H3. The molecule has 1 heterocycles. The van der Waals surface area contributed by atoms with Crippen LogP contribution in [0.15, 0.2) is 5.38 Å². The van der Waals surface area contributed by atoms with Crippen LogP contribution in [0.5, 0.6) is 0 Å². The third-order valence-electron chi connectivity index (χ3n) is 1.80. The van der Waals surface area contributed by atoms with Crippen LogP contribution >= 0.6 is 11.3 Å². The maximum Gasteiger partial charge on any atom is 0.273 e. The molecule has 1 aromatic rings. The van der Waals surface area contributed by atoms with Gasteiger partial charge in [-0.15, -0.1) is 17.8 Å². The van der Waals surface area contributed by atoms with Crippen LogP contribution in [-0.2, 0) is 6.42 Å². The van der Waals surface area contributed by atoms with E-state index in [-0.39, 0.29) is 5.91 Å². The van der Waals surface area contributed by atoms with E-state index in [1.165, 1.54) is 16.2 Å². The first-order chi connectivity index (χ1) is 7.19. The average molecular weight is 223 g/mol. The largest absolute Gasteiger partial charge is 0.330 e. The fourth-order valence-electron chi connectivity index (χ4n) is 1.05. The Morgan fingerprint density at radius 1 is 1.80 bits per heavy atom. The van der Waals surface area contributed by atoms with E-state index in [1.54, 1.807) is 12.4 Å². The first kappa shape index (κ1) is 11.7. The van der Waals surface area contributed by atoms with E-state index in [4.69, 9.17) is 12.2 Å². The molecule has 80 valence electrons. The molecule has 0 bridgehead atoms. The predicted molar refractivity (Wildman–Crippen MR) is 60.7 cm³/mol. The molecule has 0 atom stereocenters. The SMILES string of the molecule is C#CCN(C)C(=O)c1csc(CCN)n1. The molecule has 5 heteroatoms. The van der Waals surface area contributed by atoms with Crippen molar-refractivity contribution in [1.29, 1.82) is 0 Å². The minimum atomic E-state index is -0.146. The van der Waals surface area contributed by atoms with E-state index in [9.17, 15) is 4.79 Å². The number of carbonyl (C=O) groups is 1. The molecule has 1 aromatic heterocycles. The fourth-order valence-corrected chi connectivity index (χ4v) is 1.84. The molecule has 0 aromatic carbocycles. The number of aromatic nitrogens is 1. The molecule has 0 aliphatic heterocycles. The maximum atomic E-state index is 11.7. The van der Waals surface area contributed by atoms with Crippen LogP contribution in [0.2, 0.25) is 0 Å². The molecule has 0 aliphatic rings. The van der Waals surface area contributed by atoms with Gasteiger partial charge >= 0.3 is 0 Å². The van der Waals surface area contributed by atoms with Crippen molar-refractivity contribution in [2.24, 2.45) is 5.73 Å². The van der Waals surface area contributed by atoms with Gasteiger partial charge in [-0.1, -0.05) is 5.92 Å². The van der Waals surface area contributed by atoms with E-state index < -0.39 is 0 Å². The van der Waals surface area contributed by atoms with Crippen LogP contribution in [0.4, 0.5) is 0 Å². The summed E-state index contributed by atoms with van der Waals surface area (Å²) in [5.74, 6) is 2.26. The second-order valence-corrected chi connectivity index (χ2v) is 3.97. The summed E-state index contributed by atoms with van der Waals surface area (Å²) < 4.78 is 0. The lowest BCUT2D eigenvalue weighted by Crippen LogP contribution is -2.27. The third kappa shape index (κ3) is 3.05. The van der Waals surface area contributed by atoms with Gasteiger partial charge in [-0.3, -0.25) is 4.79 Å². The van der Waals surface area contributed by atoms with Crippen molar-refractivity contribution < 1.29 is 4.79 Å². The number of thiazole rings is 1. The second kappa shape index (κ2) is 5.49. The Bertz CT molecular complexity index is 380. The molecule has 15 heavy (non-hydrogen) atoms. The minimum Gasteiger partial charge on any atom is -0.330 e. The van der Waals surface area contributed by atoms with Gasteiger partial charge in [0.15, 0.2) is 0 Å².